The van der Waals surface area contributed by atoms with E-state index >= 15 is 0 Å². The number of hydroxylamine groups is 2. The van der Waals surface area contributed by atoms with Gasteiger partial charge in [0.1, 0.15) is 12.0 Å². The molecular formula is C21H16F3NO6S. The van der Waals surface area contributed by atoms with Gasteiger partial charge in [0.15, 0.2) is 6.61 Å². The van der Waals surface area contributed by atoms with Crippen molar-refractivity contribution < 1.29 is 41.3 Å². The van der Waals surface area contributed by atoms with Crippen LogP contribution in [0.25, 0.3) is 10.8 Å². The molecule has 3 rings (SSSR count). The monoisotopic (exact) mass is 467 g/mol. The second-order valence-electron chi connectivity index (χ2n) is 6.44. The van der Waals surface area contributed by atoms with Gasteiger partial charge in [-0.1, -0.05) is 37.3 Å². The highest BCUT2D eigenvalue weighted by atomic mass is 32.2. The van der Waals surface area contributed by atoms with Gasteiger partial charge in [0, 0.05) is 10.9 Å². The maximum Gasteiger partial charge on any atom is 0.509 e. The Hall–Kier alpha value is -3.23. The Labute approximate surface area is 184 Å². The average Bonchev–Trinajstić information content (AvgIpc) is 2.74. The van der Waals surface area contributed by atoms with Crippen molar-refractivity contribution in [1.82, 2.24) is 5.06 Å². The van der Waals surface area contributed by atoms with Crippen molar-refractivity contribution in [3.05, 3.63) is 47.0 Å². The number of unbranched alkanes of at least 4 members (excludes halogenated alkanes) is 1. The van der Waals surface area contributed by atoms with Crippen LogP contribution in [0.3, 0.4) is 0 Å². The minimum absolute atomic E-state index is 0.000670. The van der Waals surface area contributed by atoms with E-state index in [0.717, 1.165) is 12.8 Å². The van der Waals surface area contributed by atoms with Gasteiger partial charge in [-0.25, -0.2) is 4.79 Å². The molecule has 0 fully saturated rings. The van der Waals surface area contributed by atoms with Gasteiger partial charge < -0.3 is 9.47 Å². The van der Waals surface area contributed by atoms with Gasteiger partial charge in [0.25, 0.3) is 11.8 Å². The zero-order chi connectivity index (χ0) is 23.3. The van der Waals surface area contributed by atoms with Crippen LogP contribution in [-0.4, -0.2) is 41.8 Å². The van der Waals surface area contributed by atoms with E-state index in [2.05, 4.69) is 16.1 Å². The van der Waals surface area contributed by atoms with E-state index in [9.17, 15) is 27.6 Å². The topological polar surface area (TPSA) is 82.1 Å². The molecule has 0 saturated carbocycles. The maximum atomic E-state index is 12.6. The molecule has 0 atom stereocenters. The smallest absolute Gasteiger partial charge is 0.434 e. The van der Waals surface area contributed by atoms with Crippen molar-refractivity contribution in [3.63, 3.8) is 0 Å². The number of hydrogen-bond donors (Lipinski definition) is 0. The molecule has 1 aliphatic rings. The third kappa shape index (κ3) is 5.33. The Morgan fingerprint density at radius 2 is 1.81 bits per heavy atom. The molecule has 0 saturated heterocycles. The van der Waals surface area contributed by atoms with Crippen LogP contribution >= 0.6 is 12.0 Å². The second-order valence-corrected chi connectivity index (χ2v) is 7.22. The maximum absolute atomic E-state index is 12.6. The Morgan fingerprint density at radius 1 is 1.09 bits per heavy atom. The Kier molecular flexibility index (Phi) is 7.27. The van der Waals surface area contributed by atoms with E-state index in [-0.39, 0.29) is 34.8 Å². The highest BCUT2D eigenvalue weighted by molar-refractivity contribution is 7.95. The first-order chi connectivity index (χ1) is 15.2. The van der Waals surface area contributed by atoms with Gasteiger partial charge >= 0.3 is 11.7 Å². The normalized spacial score (nSPS) is 13.1. The summed E-state index contributed by atoms with van der Waals surface area (Å²) in [7, 11) is 0. The molecule has 0 aromatic heterocycles. The molecule has 2 aromatic carbocycles. The standard InChI is InChI=1S/C21H16F3NO6S/c1-2-3-11-29-20(28)30-12-5-6-13-9-10-16-17-14(13)7-4-8-15(17)18(26)25(19(16)27)31-32-21(22,23)24/h4,7-10H,2-3,11-12H2,1H3. The SMILES string of the molecule is CCCCOC(=O)OCC#Cc1ccc2c3c(cccc13)C(=O)N(OSC(F)(F)F)C2=O. The van der Waals surface area contributed by atoms with Crippen LogP contribution in [-0.2, 0) is 13.8 Å². The first kappa shape index (κ1) is 23.4. The van der Waals surface area contributed by atoms with Crippen molar-refractivity contribution in [2.24, 2.45) is 0 Å². The quantitative estimate of drug-likeness (QED) is 0.198. The predicted molar refractivity (Wildman–Crippen MR) is 108 cm³/mol. The molecule has 0 unspecified atom stereocenters. The number of ether oxygens (including phenoxy) is 2. The van der Waals surface area contributed by atoms with Crippen molar-refractivity contribution in [1.29, 1.82) is 0 Å². The third-order valence-corrected chi connectivity index (χ3v) is 4.69. The summed E-state index contributed by atoms with van der Waals surface area (Å²) in [6, 6.07) is 7.34. The number of carbonyl (C=O) groups excluding carboxylic acids is 3. The van der Waals surface area contributed by atoms with E-state index < -0.39 is 35.5 Å². The summed E-state index contributed by atoms with van der Waals surface area (Å²) in [5, 5.41) is 0.785. The van der Waals surface area contributed by atoms with Gasteiger partial charge in [-0.2, -0.15) is 17.5 Å². The van der Waals surface area contributed by atoms with Crippen molar-refractivity contribution in [2.45, 2.75) is 25.3 Å². The van der Waals surface area contributed by atoms with Gasteiger partial charge in [-0.05, 0) is 30.0 Å². The number of benzene rings is 2. The van der Waals surface area contributed by atoms with E-state index in [1.807, 2.05) is 6.92 Å². The number of hydrogen-bond acceptors (Lipinski definition) is 7. The molecule has 0 radical (unpaired) electrons. The van der Waals surface area contributed by atoms with E-state index in [4.69, 9.17) is 9.47 Å². The van der Waals surface area contributed by atoms with Gasteiger partial charge in [-0.3, -0.25) is 9.59 Å². The summed E-state index contributed by atoms with van der Waals surface area (Å²) in [5.41, 5.74) is -4.36. The molecule has 1 heterocycles. The summed E-state index contributed by atoms with van der Waals surface area (Å²) in [5.74, 6) is 3.41. The zero-order valence-corrected chi connectivity index (χ0v) is 17.5. The minimum Gasteiger partial charge on any atom is -0.434 e. The summed E-state index contributed by atoms with van der Waals surface area (Å²) in [6.45, 7) is 1.97. The lowest BCUT2D eigenvalue weighted by Gasteiger charge is -2.25. The van der Waals surface area contributed by atoms with Gasteiger partial charge in [-0.15, -0.1) is 5.06 Å². The summed E-state index contributed by atoms with van der Waals surface area (Å²) >= 11 is -0.953. The molecule has 32 heavy (non-hydrogen) atoms. The fraction of sp³-hybridized carbons (Fsp3) is 0.286. The minimum atomic E-state index is -4.79. The first-order valence-electron chi connectivity index (χ1n) is 9.38. The molecule has 2 amide bonds. The number of carbonyl (C=O) groups is 3. The van der Waals surface area contributed by atoms with Gasteiger partial charge in [0.05, 0.1) is 17.7 Å². The van der Waals surface area contributed by atoms with Crippen LogP contribution in [0.2, 0.25) is 0 Å². The Balaban J connectivity index is 1.82. The van der Waals surface area contributed by atoms with E-state index in [1.165, 1.54) is 24.3 Å². The number of amides is 2. The van der Waals surface area contributed by atoms with Crippen LogP contribution in [0.5, 0.6) is 0 Å². The van der Waals surface area contributed by atoms with Crippen molar-refractivity contribution in [2.75, 3.05) is 13.2 Å². The van der Waals surface area contributed by atoms with Crippen molar-refractivity contribution in [3.8, 4) is 11.8 Å². The fourth-order valence-corrected chi connectivity index (χ4v) is 3.19. The zero-order valence-electron chi connectivity index (χ0n) is 16.7. The van der Waals surface area contributed by atoms with Crippen LogP contribution < -0.4 is 0 Å². The molecular weight excluding hydrogens is 451 g/mol. The number of nitrogens with zero attached hydrogens (tertiary/aromatic N) is 1. The summed E-state index contributed by atoms with van der Waals surface area (Å²) in [6.07, 6.45) is 0.752. The van der Waals surface area contributed by atoms with Crippen LogP contribution in [0.4, 0.5) is 18.0 Å². The van der Waals surface area contributed by atoms with Crippen LogP contribution in [0.15, 0.2) is 30.3 Å². The third-order valence-electron chi connectivity index (χ3n) is 4.28. The summed E-state index contributed by atoms with van der Waals surface area (Å²) in [4.78, 5) is 36.6. The molecule has 11 heteroatoms. The average molecular weight is 467 g/mol. The lowest BCUT2D eigenvalue weighted by molar-refractivity contribution is -0.0570. The van der Waals surface area contributed by atoms with E-state index in [1.54, 1.807) is 6.07 Å². The number of alkyl halides is 3. The largest absolute Gasteiger partial charge is 0.509 e. The van der Waals surface area contributed by atoms with Crippen molar-refractivity contribution >= 4 is 40.8 Å². The predicted octanol–water partition coefficient (Wildman–Crippen LogP) is 4.84. The highest BCUT2D eigenvalue weighted by Crippen LogP contribution is 2.36. The van der Waals surface area contributed by atoms with Gasteiger partial charge in [0.2, 0.25) is 0 Å². The fourth-order valence-electron chi connectivity index (χ4n) is 2.90. The first-order valence-corrected chi connectivity index (χ1v) is 10.1. The molecule has 168 valence electrons. The Bertz CT molecular complexity index is 1100. The van der Waals surface area contributed by atoms with E-state index in [0.29, 0.717) is 10.9 Å². The second kappa shape index (κ2) is 9.93. The molecule has 0 bridgehead atoms. The lowest BCUT2D eigenvalue weighted by atomic mass is 9.92. The molecule has 7 nitrogen and oxygen atoms in total. The Morgan fingerprint density at radius 3 is 2.50 bits per heavy atom. The highest BCUT2D eigenvalue weighted by Gasteiger charge is 2.39. The number of rotatable bonds is 6. The number of imide groups is 1. The molecule has 0 aliphatic carbocycles. The number of halogens is 3. The molecule has 0 spiro atoms. The summed E-state index contributed by atoms with van der Waals surface area (Å²) < 4.78 is 51.4. The molecule has 2 aromatic rings. The molecule has 1 aliphatic heterocycles. The van der Waals surface area contributed by atoms with Crippen LogP contribution in [0.1, 0.15) is 46.0 Å². The lowest BCUT2D eigenvalue weighted by Crippen LogP contribution is -2.39. The molecule has 0 N–H and O–H groups in total. The van der Waals surface area contributed by atoms with Crippen LogP contribution in [0, 0.1) is 11.8 Å².